The highest BCUT2D eigenvalue weighted by molar-refractivity contribution is 5.94. The monoisotopic (exact) mass is 313 g/mol. The standard InChI is InChI=1S/C19H23NO3/c1-14-12-16(9-10-18(14)23-3)19(21)20-11-5-7-15-6-4-8-17(13-15)22-2/h4,6,8-10,12-13H,5,7,11H2,1-3H3,(H,20,21). The summed E-state index contributed by atoms with van der Waals surface area (Å²) in [5.74, 6) is 1.60. The van der Waals surface area contributed by atoms with Crippen LogP contribution in [0.4, 0.5) is 0 Å². The first-order valence-corrected chi connectivity index (χ1v) is 7.70. The van der Waals surface area contributed by atoms with Crippen LogP contribution in [0, 0.1) is 6.92 Å². The average Bonchev–Trinajstić information content (AvgIpc) is 2.58. The van der Waals surface area contributed by atoms with Crippen LogP contribution in [-0.4, -0.2) is 26.7 Å². The van der Waals surface area contributed by atoms with Gasteiger partial charge in [0.1, 0.15) is 11.5 Å². The van der Waals surface area contributed by atoms with Gasteiger partial charge in [0.2, 0.25) is 0 Å². The molecule has 1 N–H and O–H groups in total. The second-order valence-electron chi connectivity index (χ2n) is 5.40. The normalized spacial score (nSPS) is 10.2. The molecule has 0 saturated carbocycles. The van der Waals surface area contributed by atoms with Crippen LogP contribution in [0.2, 0.25) is 0 Å². The van der Waals surface area contributed by atoms with Gasteiger partial charge in [-0.15, -0.1) is 0 Å². The first kappa shape index (κ1) is 16.9. The lowest BCUT2D eigenvalue weighted by Gasteiger charge is -2.09. The number of nitrogens with one attached hydrogen (secondary N) is 1. The fourth-order valence-electron chi connectivity index (χ4n) is 2.44. The lowest BCUT2D eigenvalue weighted by atomic mass is 10.1. The molecule has 0 atom stereocenters. The van der Waals surface area contributed by atoms with Gasteiger partial charge in [-0.25, -0.2) is 0 Å². The van der Waals surface area contributed by atoms with Crippen LogP contribution in [0.3, 0.4) is 0 Å². The molecular weight excluding hydrogens is 290 g/mol. The minimum absolute atomic E-state index is 0.0543. The van der Waals surface area contributed by atoms with Gasteiger partial charge in [0.05, 0.1) is 14.2 Å². The van der Waals surface area contributed by atoms with E-state index < -0.39 is 0 Å². The number of hydrogen-bond donors (Lipinski definition) is 1. The van der Waals surface area contributed by atoms with Crippen molar-refractivity contribution in [1.82, 2.24) is 5.32 Å². The third-order valence-corrected chi connectivity index (χ3v) is 3.72. The molecule has 0 aliphatic rings. The van der Waals surface area contributed by atoms with Crippen LogP contribution in [-0.2, 0) is 6.42 Å². The first-order chi connectivity index (χ1) is 11.1. The number of amides is 1. The summed E-state index contributed by atoms with van der Waals surface area (Å²) in [4.78, 5) is 12.1. The Kier molecular flexibility index (Phi) is 6.03. The van der Waals surface area contributed by atoms with Crippen LogP contribution in [0.15, 0.2) is 42.5 Å². The molecule has 2 rings (SSSR count). The summed E-state index contributed by atoms with van der Waals surface area (Å²) in [6, 6.07) is 13.4. The molecule has 0 spiro atoms. The maximum absolute atomic E-state index is 12.1. The molecule has 0 heterocycles. The van der Waals surface area contributed by atoms with Gasteiger partial charge in [0.15, 0.2) is 0 Å². The van der Waals surface area contributed by atoms with Crippen LogP contribution in [0.1, 0.15) is 27.9 Å². The predicted octanol–water partition coefficient (Wildman–Crippen LogP) is 3.37. The number of aryl methyl sites for hydroxylation is 2. The van der Waals surface area contributed by atoms with Crippen molar-refractivity contribution in [3.8, 4) is 11.5 Å². The molecule has 0 unspecified atom stereocenters. The molecule has 0 bridgehead atoms. The zero-order valence-electron chi connectivity index (χ0n) is 13.9. The fraction of sp³-hybridized carbons (Fsp3) is 0.316. The highest BCUT2D eigenvalue weighted by atomic mass is 16.5. The van der Waals surface area contributed by atoms with Crippen molar-refractivity contribution in [3.63, 3.8) is 0 Å². The molecule has 0 saturated heterocycles. The number of methoxy groups -OCH3 is 2. The zero-order chi connectivity index (χ0) is 16.7. The van der Waals surface area contributed by atoms with Gasteiger partial charge in [0.25, 0.3) is 5.91 Å². The summed E-state index contributed by atoms with van der Waals surface area (Å²) >= 11 is 0. The van der Waals surface area contributed by atoms with Crippen molar-refractivity contribution in [3.05, 3.63) is 59.2 Å². The molecule has 122 valence electrons. The molecule has 4 heteroatoms. The van der Waals surface area contributed by atoms with E-state index in [0.29, 0.717) is 12.1 Å². The van der Waals surface area contributed by atoms with Crippen LogP contribution in [0.5, 0.6) is 11.5 Å². The highest BCUT2D eigenvalue weighted by Gasteiger charge is 2.07. The Morgan fingerprint density at radius 1 is 1.09 bits per heavy atom. The van der Waals surface area contributed by atoms with E-state index in [4.69, 9.17) is 9.47 Å². The van der Waals surface area contributed by atoms with Gasteiger partial charge < -0.3 is 14.8 Å². The van der Waals surface area contributed by atoms with Gasteiger partial charge in [-0.1, -0.05) is 12.1 Å². The van der Waals surface area contributed by atoms with Gasteiger partial charge in [0, 0.05) is 12.1 Å². The van der Waals surface area contributed by atoms with E-state index >= 15 is 0 Å². The molecule has 1 amide bonds. The second kappa shape index (κ2) is 8.22. The Balaban J connectivity index is 1.81. The Hall–Kier alpha value is -2.49. The highest BCUT2D eigenvalue weighted by Crippen LogP contribution is 2.18. The summed E-state index contributed by atoms with van der Waals surface area (Å²) in [5, 5.41) is 2.95. The Labute approximate surface area is 137 Å². The number of ether oxygens (including phenoxy) is 2. The van der Waals surface area contributed by atoms with Gasteiger partial charge in [-0.2, -0.15) is 0 Å². The Morgan fingerprint density at radius 2 is 1.91 bits per heavy atom. The van der Waals surface area contributed by atoms with Crippen molar-refractivity contribution in [2.75, 3.05) is 20.8 Å². The smallest absolute Gasteiger partial charge is 0.251 e. The van der Waals surface area contributed by atoms with Crippen molar-refractivity contribution in [1.29, 1.82) is 0 Å². The molecule has 23 heavy (non-hydrogen) atoms. The van der Waals surface area contributed by atoms with Crippen molar-refractivity contribution in [2.45, 2.75) is 19.8 Å². The predicted molar refractivity (Wildman–Crippen MR) is 91.4 cm³/mol. The SMILES string of the molecule is COc1cccc(CCCNC(=O)c2ccc(OC)c(C)c2)c1. The number of rotatable bonds is 7. The first-order valence-electron chi connectivity index (χ1n) is 7.70. The molecular formula is C19H23NO3. The third kappa shape index (κ3) is 4.74. The zero-order valence-corrected chi connectivity index (χ0v) is 13.9. The topological polar surface area (TPSA) is 47.6 Å². The quantitative estimate of drug-likeness (QED) is 0.797. The van der Waals surface area contributed by atoms with Crippen LogP contribution >= 0.6 is 0 Å². The van der Waals surface area contributed by atoms with E-state index in [1.54, 1.807) is 20.3 Å². The second-order valence-corrected chi connectivity index (χ2v) is 5.40. The van der Waals surface area contributed by atoms with Crippen LogP contribution < -0.4 is 14.8 Å². The van der Waals surface area contributed by atoms with E-state index in [9.17, 15) is 4.79 Å². The van der Waals surface area contributed by atoms with Gasteiger partial charge in [-0.3, -0.25) is 4.79 Å². The summed E-state index contributed by atoms with van der Waals surface area (Å²) < 4.78 is 10.4. The van der Waals surface area contributed by atoms with E-state index in [-0.39, 0.29) is 5.91 Å². The van der Waals surface area contributed by atoms with Gasteiger partial charge in [-0.05, 0) is 61.2 Å². The van der Waals surface area contributed by atoms with Crippen molar-refractivity contribution in [2.24, 2.45) is 0 Å². The largest absolute Gasteiger partial charge is 0.497 e. The summed E-state index contributed by atoms with van der Waals surface area (Å²) in [6.45, 7) is 2.57. The maximum atomic E-state index is 12.1. The molecule has 4 nitrogen and oxygen atoms in total. The molecule has 0 radical (unpaired) electrons. The molecule has 0 fully saturated rings. The summed E-state index contributed by atoms with van der Waals surface area (Å²) in [6.07, 6.45) is 1.78. The summed E-state index contributed by atoms with van der Waals surface area (Å²) in [5.41, 5.74) is 2.82. The van der Waals surface area contributed by atoms with E-state index in [0.717, 1.165) is 29.9 Å². The van der Waals surface area contributed by atoms with Crippen molar-refractivity contribution < 1.29 is 14.3 Å². The number of carbonyl (C=O) groups is 1. The van der Waals surface area contributed by atoms with Crippen molar-refractivity contribution >= 4 is 5.91 Å². The molecule has 0 aromatic heterocycles. The van der Waals surface area contributed by atoms with E-state index in [2.05, 4.69) is 11.4 Å². The fourth-order valence-corrected chi connectivity index (χ4v) is 2.44. The lowest BCUT2D eigenvalue weighted by Crippen LogP contribution is -2.24. The number of hydrogen-bond acceptors (Lipinski definition) is 3. The van der Waals surface area contributed by atoms with E-state index in [1.807, 2.05) is 37.3 Å². The average molecular weight is 313 g/mol. The Bertz CT molecular complexity index is 667. The minimum atomic E-state index is -0.0543. The molecule has 2 aromatic rings. The third-order valence-electron chi connectivity index (χ3n) is 3.72. The summed E-state index contributed by atoms with van der Waals surface area (Å²) in [7, 11) is 3.29. The molecule has 0 aliphatic carbocycles. The molecule has 0 aliphatic heterocycles. The maximum Gasteiger partial charge on any atom is 0.251 e. The van der Waals surface area contributed by atoms with Gasteiger partial charge >= 0.3 is 0 Å². The van der Waals surface area contributed by atoms with Crippen LogP contribution in [0.25, 0.3) is 0 Å². The molecule has 2 aromatic carbocycles. The Morgan fingerprint density at radius 3 is 2.61 bits per heavy atom. The van der Waals surface area contributed by atoms with E-state index in [1.165, 1.54) is 5.56 Å². The number of carbonyl (C=O) groups excluding carboxylic acids is 1. The number of benzene rings is 2. The lowest BCUT2D eigenvalue weighted by molar-refractivity contribution is 0.0953. The minimum Gasteiger partial charge on any atom is -0.497 e.